The van der Waals surface area contributed by atoms with Gasteiger partial charge in [-0.1, -0.05) is 12.1 Å². The molecular formula is C14H17F2N3O2S. The van der Waals surface area contributed by atoms with Gasteiger partial charge in [-0.2, -0.15) is 8.78 Å². The lowest BCUT2D eigenvalue weighted by Crippen LogP contribution is -2.52. The summed E-state index contributed by atoms with van der Waals surface area (Å²) < 4.78 is 50.4. The van der Waals surface area contributed by atoms with E-state index in [1.807, 2.05) is 0 Å². The van der Waals surface area contributed by atoms with Crippen LogP contribution in [-0.4, -0.2) is 47.5 Å². The Bertz CT molecular complexity index is 792. The minimum atomic E-state index is -2.96. The van der Waals surface area contributed by atoms with Crippen molar-refractivity contribution < 1.29 is 17.2 Å². The summed E-state index contributed by atoms with van der Waals surface area (Å²) >= 11 is 0. The second kappa shape index (κ2) is 5.27. The lowest BCUT2D eigenvalue weighted by molar-refractivity contribution is 0.0641. The van der Waals surface area contributed by atoms with Crippen LogP contribution in [0.15, 0.2) is 24.3 Å². The van der Waals surface area contributed by atoms with E-state index < -0.39 is 22.4 Å². The third-order valence-corrected chi connectivity index (χ3v) is 6.06. The molecule has 1 fully saturated rings. The average molecular weight is 329 g/mol. The van der Waals surface area contributed by atoms with Crippen molar-refractivity contribution in [2.24, 2.45) is 0 Å². The van der Waals surface area contributed by atoms with Gasteiger partial charge in [0.1, 0.15) is 5.82 Å². The van der Waals surface area contributed by atoms with E-state index in [0.717, 1.165) is 4.57 Å². The summed E-state index contributed by atoms with van der Waals surface area (Å²) in [6.07, 6.45) is 0. The molecule has 1 aliphatic heterocycles. The normalized spacial score (nSPS) is 19.7. The molecule has 0 bridgehead atoms. The van der Waals surface area contributed by atoms with Crippen molar-refractivity contribution in [3.63, 3.8) is 0 Å². The van der Waals surface area contributed by atoms with Gasteiger partial charge in [0.25, 0.3) is 0 Å². The van der Waals surface area contributed by atoms with E-state index in [1.165, 1.54) is 0 Å². The first kappa shape index (κ1) is 15.4. The maximum Gasteiger partial charge on any atom is 0.320 e. The van der Waals surface area contributed by atoms with Gasteiger partial charge in [0.05, 0.1) is 28.6 Å². The second-order valence-electron chi connectivity index (χ2n) is 5.68. The van der Waals surface area contributed by atoms with Crippen molar-refractivity contribution >= 4 is 20.9 Å². The summed E-state index contributed by atoms with van der Waals surface area (Å²) in [5.41, 5.74) is 0.897. The monoisotopic (exact) mass is 329 g/mol. The summed E-state index contributed by atoms with van der Waals surface area (Å²) in [5.74, 6) is 0.397. The van der Waals surface area contributed by atoms with Gasteiger partial charge in [-0.05, 0) is 26.1 Å². The molecule has 120 valence electrons. The van der Waals surface area contributed by atoms with Crippen molar-refractivity contribution in [3.8, 4) is 0 Å². The van der Waals surface area contributed by atoms with Gasteiger partial charge in [-0.15, -0.1) is 0 Å². The molecule has 0 radical (unpaired) electrons. The average Bonchev–Trinajstić information content (AvgIpc) is 2.82. The van der Waals surface area contributed by atoms with E-state index >= 15 is 0 Å². The van der Waals surface area contributed by atoms with E-state index in [4.69, 9.17) is 0 Å². The van der Waals surface area contributed by atoms with Crippen LogP contribution in [0.25, 0.3) is 11.0 Å². The number of hydrogen-bond acceptors (Lipinski definition) is 4. The molecule has 1 aromatic carbocycles. The Kier molecular flexibility index (Phi) is 3.68. The third kappa shape index (κ3) is 2.50. The number of hydrogen-bond donors (Lipinski definition) is 0. The lowest BCUT2D eigenvalue weighted by Gasteiger charge is -2.37. The number of benzene rings is 1. The van der Waals surface area contributed by atoms with Gasteiger partial charge in [-0.3, -0.25) is 9.47 Å². The third-order valence-electron chi connectivity index (χ3n) is 4.27. The summed E-state index contributed by atoms with van der Waals surface area (Å²) in [5, 5.41) is 0. The van der Waals surface area contributed by atoms with E-state index in [1.54, 1.807) is 43.1 Å². The number of alkyl halides is 2. The number of para-hydroxylation sites is 2. The molecule has 1 aromatic heterocycles. The number of nitrogens with zero attached hydrogens (tertiary/aromatic N) is 3. The Morgan fingerprint density at radius 3 is 2.55 bits per heavy atom. The molecule has 22 heavy (non-hydrogen) atoms. The van der Waals surface area contributed by atoms with Crippen LogP contribution < -0.4 is 0 Å². The molecule has 0 aliphatic carbocycles. The summed E-state index contributed by atoms with van der Waals surface area (Å²) in [4.78, 5) is 6.13. The second-order valence-corrected chi connectivity index (χ2v) is 7.83. The number of halogens is 2. The molecule has 0 saturated carbocycles. The number of aromatic nitrogens is 2. The van der Waals surface area contributed by atoms with E-state index in [9.17, 15) is 17.2 Å². The maximum absolute atomic E-state index is 13.4. The molecule has 0 spiro atoms. The molecule has 2 heterocycles. The molecule has 1 unspecified atom stereocenters. The van der Waals surface area contributed by atoms with Crippen molar-refractivity contribution in [2.75, 3.05) is 18.6 Å². The van der Waals surface area contributed by atoms with Crippen LogP contribution in [0.2, 0.25) is 0 Å². The Morgan fingerprint density at radius 1 is 1.32 bits per heavy atom. The first-order valence-corrected chi connectivity index (χ1v) is 8.79. The molecule has 0 amide bonds. The fraction of sp³-hybridized carbons (Fsp3) is 0.500. The highest BCUT2D eigenvalue weighted by atomic mass is 32.2. The van der Waals surface area contributed by atoms with Crippen LogP contribution in [0.4, 0.5) is 8.78 Å². The fourth-order valence-corrected chi connectivity index (χ4v) is 4.38. The Labute approximate surface area is 127 Å². The summed E-state index contributed by atoms with van der Waals surface area (Å²) in [6.45, 7) is -0.922. The molecule has 1 aliphatic rings. The van der Waals surface area contributed by atoms with Crippen LogP contribution in [0.5, 0.6) is 0 Å². The SMILES string of the molecule is CC(c1nc2ccccc2n1C(F)F)N(C)C1CS(=O)(=O)C1. The van der Waals surface area contributed by atoms with E-state index in [0.29, 0.717) is 11.0 Å². The predicted molar refractivity (Wildman–Crippen MR) is 79.6 cm³/mol. The highest BCUT2D eigenvalue weighted by Crippen LogP contribution is 2.31. The quantitative estimate of drug-likeness (QED) is 0.863. The van der Waals surface area contributed by atoms with Crippen LogP contribution in [-0.2, 0) is 9.84 Å². The van der Waals surface area contributed by atoms with Crippen LogP contribution in [0.3, 0.4) is 0 Å². The van der Waals surface area contributed by atoms with E-state index in [-0.39, 0.29) is 23.4 Å². The zero-order valence-electron chi connectivity index (χ0n) is 12.3. The first-order chi connectivity index (χ1) is 10.3. The van der Waals surface area contributed by atoms with Gasteiger partial charge in [0.2, 0.25) is 0 Å². The Hall–Kier alpha value is -1.54. The molecule has 0 N–H and O–H groups in total. The highest BCUT2D eigenvalue weighted by Gasteiger charge is 2.39. The standard InChI is InChI=1S/C14H17F2N3O2S/c1-9(18(2)10-7-22(20,21)8-10)13-17-11-5-3-4-6-12(11)19(13)14(15)16/h3-6,9-10,14H,7-8H2,1-2H3. The van der Waals surface area contributed by atoms with Crippen LogP contribution >= 0.6 is 0 Å². The Morgan fingerprint density at radius 2 is 1.95 bits per heavy atom. The molecule has 1 atom stereocenters. The smallest absolute Gasteiger partial charge is 0.292 e. The zero-order chi connectivity index (χ0) is 16.1. The largest absolute Gasteiger partial charge is 0.320 e. The van der Waals surface area contributed by atoms with Crippen molar-refractivity contribution in [1.82, 2.24) is 14.5 Å². The molecule has 8 heteroatoms. The maximum atomic E-state index is 13.4. The van der Waals surface area contributed by atoms with E-state index in [2.05, 4.69) is 4.98 Å². The van der Waals surface area contributed by atoms with Crippen molar-refractivity contribution in [2.45, 2.75) is 25.6 Å². The fourth-order valence-electron chi connectivity index (χ4n) is 2.83. The zero-order valence-corrected chi connectivity index (χ0v) is 13.1. The number of fused-ring (bicyclic) bond motifs is 1. The van der Waals surface area contributed by atoms with Gasteiger partial charge < -0.3 is 0 Å². The van der Waals surface area contributed by atoms with Crippen molar-refractivity contribution in [3.05, 3.63) is 30.1 Å². The van der Waals surface area contributed by atoms with Gasteiger partial charge >= 0.3 is 6.55 Å². The van der Waals surface area contributed by atoms with Gasteiger partial charge in [0, 0.05) is 6.04 Å². The molecule has 3 rings (SSSR count). The molecule has 5 nitrogen and oxygen atoms in total. The first-order valence-electron chi connectivity index (χ1n) is 6.97. The minimum Gasteiger partial charge on any atom is -0.292 e. The Balaban J connectivity index is 1.97. The van der Waals surface area contributed by atoms with Gasteiger partial charge in [0.15, 0.2) is 9.84 Å². The minimum absolute atomic E-state index is 0.0722. The van der Waals surface area contributed by atoms with Gasteiger partial charge in [-0.25, -0.2) is 13.4 Å². The summed E-state index contributed by atoms with van der Waals surface area (Å²) in [7, 11) is -1.21. The van der Waals surface area contributed by atoms with Crippen molar-refractivity contribution in [1.29, 1.82) is 0 Å². The summed E-state index contributed by atoms with van der Waals surface area (Å²) in [6, 6.07) is 6.20. The number of imidazole rings is 1. The topological polar surface area (TPSA) is 55.2 Å². The highest BCUT2D eigenvalue weighted by molar-refractivity contribution is 7.92. The molecule has 1 saturated heterocycles. The molecular weight excluding hydrogens is 312 g/mol. The number of rotatable bonds is 4. The van der Waals surface area contributed by atoms with Crippen LogP contribution in [0.1, 0.15) is 25.3 Å². The lowest BCUT2D eigenvalue weighted by atomic mass is 10.2. The predicted octanol–water partition coefficient (Wildman–Crippen LogP) is 2.22. The number of sulfone groups is 1. The molecule has 2 aromatic rings. The van der Waals surface area contributed by atoms with Crippen LogP contribution in [0, 0.1) is 0 Å².